The number of rotatable bonds is 3. The molecule has 5 nitrogen and oxygen atoms in total. The second-order valence-corrected chi connectivity index (χ2v) is 3.99. The van der Waals surface area contributed by atoms with Crippen molar-refractivity contribution < 1.29 is 8.94 Å². The van der Waals surface area contributed by atoms with E-state index in [-0.39, 0.29) is 0 Å². The molecule has 1 aliphatic rings. The van der Waals surface area contributed by atoms with E-state index in [1.54, 1.807) is 6.26 Å². The van der Waals surface area contributed by atoms with Gasteiger partial charge in [-0.25, -0.2) is 0 Å². The minimum Gasteiger partial charge on any atom is -0.469 e. The average molecular weight is 219 g/mol. The molecule has 2 aromatic rings. The normalized spacial score (nSPS) is 20.4. The third-order valence-corrected chi connectivity index (χ3v) is 2.81. The van der Waals surface area contributed by atoms with Crippen molar-refractivity contribution >= 4 is 0 Å². The molecular formula is C11H13N3O2. The van der Waals surface area contributed by atoms with Crippen LogP contribution >= 0.6 is 0 Å². The van der Waals surface area contributed by atoms with Gasteiger partial charge in [-0.1, -0.05) is 5.16 Å². The fourth-order valence-electron chi connectivity index (χ4n) is 1.94. The van der Waals surface area contributed by atoms with Crippen LogP contribution in [0.3, 0.4) is 0 Å². The number of hydrogen-bond donors (Lipinski definition) is 1. The van der Waals surface area contributed by atoms with E-state index in [1.807, 2.05) is 12.1 Å². The van der Waals surface area contributed by atoms with E-state index in [9.17, 15) is 0 Å². The molecule has 1 saturated heterocycles. The Hall–Kier alpha value is -1.62. The summed E-state index contributed by atoms with van der Waals surface area (Å²) >= 11 is 0. The van der Waals surface area contributed by atoms with Crippen molar-refractivity contribution in [1.82, 2.24) is 15.5 Å². The standard InChI is InChI=1S/C11H13N3O2/c1-2-9(15-5-1)6-10-13-11(16-14-10)8-3-4-12-7-8/h1-2,5,8,12H,3-4,6-7H2. The van der Waals surface area contributed by atoms with Crippen LogP contribution < -0.4 is 5.32 Å². The topological polar surface area (TPSA) is 64.1 Å². The number of aromatic nitrogens is 2. The maximum Gasteiger partial charge on any atom is 0.231 e. The highest BCUT2D eigenvalue weighted by Gasteiger charge is 2.22. The first-order valence-electron chi connectivity index (χ1n) is 5.47. The summed E-state index contributed by atoms with van der Waals surface area (Å²) < 4.78 is 10.5. The number of nitrogens with zero attached hydrogens (tertiary/aromatic N) is 2. The van der Waals surface area contributed by atoms with Gasteiger partial charge in [-0.2, -0.15) is 4.98 Å². The summed E-state index contributed by atoms with van der Waals surface area (Å²) in [5.41, 5.74) is 0. The first-order chi connectivity index (χ1) is 7.92. The zero-order valence-electron chi connectivity index (χ0n) is 8.85. The molecule has 1 atom stereocenters. The second kappa shape index (κ2) is 4.09. The summed E-state index contributed by atoms with van der Waals surface area (Å²) in [6.45, 7) is 1.96. The molecule has 5 heteroatoms. The Kier molecular flexibility index (Phi) is 2.46. The fourth-order valence-corrected chi connectivity index (χ4v) is 1.94. The van der Waals surface area contributed by atoms with Gasteiger partial charge in [0.15, 0.2) is 5.82 Å². The summed E-state index contributed by atoms with van der Waals surface area (Å²) in [4.78, 5) is 4.39. The van der Waals surface area contributed by atoms with E-state index in [0.717, 1.165) is 31.2 Å². The molecule has 1 N–H and O–H groups in total. The SMILES string of the molecule is c1coc(Cc2noc(C3CCNC3)n2)c1. The summed E-state index contributed by atoms with van der Waals surface area (Å²) in [6.07, 6.45) is 3.32. The van der Waals surface area contributed by atoms with Crippen molar-refractivity contribution in [3.8, 4) is 0 Å². The lowest BCUT2D eigenvalue weighted by atomic mass is 10.1. The average Bonchev–Trinajstić information content (AvgIpc) is 2.99. The van der Waals surface area contributed by atoms with Gasteiger partial charge < -0.3 is 14.3 Å². The van der Waals surface area contributed by atoms with Gasteiger partial charge in [0.05, 0.1) is 18.6 Å². The molecule has 0 saturated carbocycles. The molecule has 3 heterocycles. The minimum atomic E-state index is 0.373. The predicted octanol–water partition coefficient (Wildman–Crippen LogP) is 1.33. The van der Waals surface area contributed by atoms with Crippen LogP contribution in [0, 0.1) is 0 Å². The van der Waals surface area contributed by atoms with Gasteiger partial charge in [0.2, 0.25) is 5.89 Å². The largest absolute Gasteiger partial charge is 0.469 e. The summed E-state index contributed by atoms with van der Waals surface area (Å²) in [5.74, 6) is 2.66. The van der Waals surface area contributed by atoms with E-state index in [1.165, 1.54) is 0 Å². The highest BCUT2D eigenvalue weighted by molar-refractivity contribution is 5.07. The highest BCUT2D eigenvalue weighted by Crippen LogP contribution is 2.20. The molecule has 0 aromatic carbocycles. The zero-order chi connectivity index (χ0) is 10.8. The van der Waals surface area contributed by atoms with E-state index < -0.39 is 0 Å². The van der Waals surface area contributed by atoms with Crippen molar-refractivity contribution in [3.63, 3.8) is 0 Å². The lowest BCUT2D eigenvalue weighted by Crippen LogP contribution is -2.08. The van der Waals surface area contributed by atoms with Crippen LogP contribution in [0.1, 0.15) is 29.8 Å². The van der Waals surface area contributed by atoms with Crippen LogP contribution in [0.4, 0.5) is 0 Å². The van der Waals surface area contributed by atoms with E-state index in [2.05, 4.69) is 15.5 Å². The van der Waals surface area contributed by atoms with Gasteiger partial charge in [0.25, 0.3) is 0 Å². The van der Waals surface area contributed by atoms with Crippen molar-refractivity contribution in [2.75, 3.05) is 13.1 Å². The Labute approximate surface area is 92.8 Å². The molecule has 1 aliphatic heterocycles. The first-order valence-corrected chi connectivity index (χ1v) is 5.47. The number of hydrogen-bond acceptors (Lipinski definition) is 5. The number of furan rings is 1. The molecule has 1 fully saturated rings. The van der Waals surface area contributed by atoms with Gasteiger partial charge in [-0.3, -0.25) is 0 Å². The van der Waals surface area contributed by atoms with E-state index >= 15 is 0 Å². The number of nitrogens with one attached hydrogen (secondary N) is 1. The van der Waals surface area contributed by atoms with Crippen LogP contribution in [-0.2, 0) is 6.42 Å². The van der Waals surface area contributed by atoms with Gasteiger partial charge in [-0.15, -0.1) is 0 Å². The third kappa shape index (κ3) is 1.86. The molecule has 2 aromatic heterocycles. The van der Waals surface area contributed by atoms with E-state index in [0.29, 0.717) is 18.2 Å². The zero-order valence-corrected chi connectivity index (χ0v) is 8.85. The summed E-state index contributed by atoms with van der Waals surface area (Å²) in [6, 6.07) is 3.77. The Balaban J connectivity index is 1.72. The van der Waals surface area contributed by atoms with Crippen molar-refractivity contribution in [3.05, 3.63) is 35.9 Å². The Morgan fingerprint density at radius 3 is 3.25 bits per heavy atom. The molecule has 0 bridgehead atoms. The molecule has 0 aliphatic carbocycles. The molecule has 0 radical (unpaired) electrons. The van der Waals surface area contributed by atoms with Gasteiger partial charge in [0.1, 0.15) is 5.76 Å². The van der Waals surface area contributed by atoms with Crippen LogP contribution in [0.2, 0.25) is 0 Å². The maximum atomic E-state index is 5.25. The fraction of sp³-hybridized carbons (Fsp3) is 0.455. The summed E-state index contributed by atoms with van der Waals surface area (Å²) in [5, 5.41) is 7.24. The molecule has 3 rings (SSSR count). The Bertz CT molecular complexity index is 444. The smallest absolute Gasteiger partial charge is 0.231 e. The van der Waals surface area contributed by atoms with Crippen LogP contribution in [0.5, 0.6) is 0 Å². The quantitative estimate of drug-likeness (QED) is 0.843. The first kappa shape index (κ1) is 9.59. The molecule has 1 unspecified atom stereocenters. The lowest BCUT2D eigenvalue weighted by Gasteiger charge is -1.98. The highest BCUT2D eigenvalue weighted by atomic mass is 16.5. The molecule has 16 heavy (non-hydrogen) atoms. The molecule has 84 valence electrons. The van der Waals surface area contributed by atoms with Crippen LogP contribution in [0.25, 0.3) is 0 Å². The van der Waals surface area contributed by atoms with E-state index in [4.69, 9.17) is 8.94 Å². The maximum absolute atomic E-state index is 5.25. The Morgan fingerprint density at radius 2 is 2.50 bits per heavy atom. The van der Waals surface area contributed by atoms with Crippen molar-refractivity contribution in [2.24, 2.45) is 0 Å². The van der Waals surface area contributed by atoms with Gasteiger partial charge in [0, 0.05) is 6.54 Å². The molecule has 0 spiro atoms. The van der Waals surface area contributed by atoms with Gasteiger partial charge in [-0.05, 0) is 25.1 Å². The van der Waals surface area contributed by atoms with Crippen LogP contribution in [0.15, 0.2) is 27.3 Å². The predicted molar refractivity (Wildman–Crippen MR) is 56.0 cm³/mol. The molecular weight excluding hydrogens is 206 g/mol. The van der Waals surface area contributed by atoms with Crippen molar-refractivity contribution in [1.29, 1.82) is 0 Å². The minimum absolute atomic E-state index is 0.373. The van der Waals surface area contributed by atoms with Crippen molar-refractivity contribution in [2.45, 2.75) is 18.8 Å². The summed E-state index contributed by atoms with van der Waals surface area (Å²) in [7, 11) is 0. The molecule has 0 amide bonds. The monoisotopic (exact) mass is 219 g/mol. The third-order valence-electron chi connectivity index (χ3n) is 2.81. The lowest BCUT2D eigenvalue weighted by molar-refractivity contribution is 0.354. The van der Waals surface area contributed by atoms with Gasteiger partial charge >= 0.3 is 0 Å². The Morgan fingerprint density at radius 1 is 1.50 bits per heavy atom. The second-order valence-electron chi connectivity index (χ2n) is 3.99. The van der Waals surface area contributed by atoms with Crippen LogP contribution in [-0.4, -0.2) is 23.2 Å².